The lowest BCUT2D eigenvalue weighted by Gasteiger charge is -2.37. The van der Waals surface area contributed by atoms with E-state index in [4.69, 9.17) is 23.2 Å². The Morgan fingerprint density at radius 3 is 2.54 bits per heavy atom. The van der Waals surface area contributed by atoms with Gasteiger partial charge in [0.15, 0.2) is 0 Å². The van der Waals surface area contributed by atoms with E-state index in [9.17, 15) is 9.90 Å². The second-order valence-corrected chi connectivity index (χ2v) is 7.96. The molecule has 1 unspecified atom stereocenters. The highest BCUT2D eigenvalue weighted by Gasteiger charge is 2.31. The summed E-state index contributed by atoms with van der Waals surface area (Å²) in [5.41, 5.74) is 3.11. The quantitative estimate of drug-likeness (QED) is 0.618. The van der Waals surface area contributed by atoms with Gasteiger partial charge >= 0.3 is 5.97 Å². The van der Waals surface area contributed by atoms with Crippen molar-refractivity contribution in [3.05, 3.63) is 75.9 Å². The maximum absolute atomic E-state index is 11.4. The average molecular weight is 415 g/mol. The first-order chi connectivity index (χ1) is 13.5. The monoisotopic (exact) mass is 414 g/mol. The molecule has 3 aromatic rings. The molecular weight excluding hydrogens is 395 g/mol. The molecule has 144 valence electrons. The van der Waals surface area contributed by atoms with Crippen LogP contribution in [0, 0.1) is 5.92 Å². The van der Waals surface area contributed by atoms with Crippen molar-refractivity contribution < 1.29 is 9.90 Å². The van der Waals surface area contributed by atoms with Gasteiger partial charge in [0.1, 0.15) is 0 Å². The summed E-state index contributed by atoms with van der Waals surface area (Å²) in [5.74, 6) is -0.986. The van der Waals surface area contributed by atoms with E-state index in [2.05, 4.69) is 16.0 Å². The van der Waals surface area contributed by atoms with E-state index in [-0.39, 0.29) is 12.0 Å². The highest BCUT2D eigenvalue weighted by molar-refractivity contribution is 6.42. The molecule has 4 nitrogen and oxygen atoms in total. The number of likely N-dealkylation sites (tertiary alicyclic amines) is 1. The number of para-hydroxylation sites is 1. The minimum atomic E-state index is -0.708. The van der Waals surface area contributed by atoms with Crippen molar-refractivity contribution in [1.29, 1.82) is 0 Å². The van der Waals surface area contributed by atoms with Crippen molar-refractivity contribution in [2.45, 2.75) is 18.9 Å². The maximum atomic E-state index is 11.4. The minimum Gasteiger partial charge on any atom is -0.481 e. The van der Waals surface area contributed by atoms with Crippen LogP contribution in [0.2, 0.25) is 10.0 Å². The minimum absolute atomic E-state index is 0.0441. The molecule has 1 fully saturated rings. The number of hydrogen-bond acceptors (Lipinski definition) is 3. The zero-order valence-corrected chi connectivity index (χ0v) is 16.7. The smallest absolute Gasteiger partial charge is 0.306 e. The van der Waals surface area contributed by atoms with Crippen molar-refractivity contribution in [3.8, 4) is 0 Å². The number of carboxylic acids is 1. The number of pyridine rings is 1. The van der Waals surface area contributed by atoms with Crippen molar-refractivity contribution in [2.24, 2.45) is 5.92 Å². The van der Waals surface area contributed by atoms with Crippen LogP contribution in [-0.2, 0) is 4.79 Å². The fourth-order valence-electron chi connectivity index (χ4n) is 4.03. The van der Waals surface area contributed by atoms with Crippen molar-refractivity contribution in [1.82, 2.24) is 9.88 Å². The molecule has 0 aliphatic carbocycles. The Kier molecular flexibility index (Phi) is 5.54. The van der Waals surface area contributed by atoms with Crippen LogP contribution in [0.4, 0.5) is 0 Å². The fourth-order valence-corrected chi connectivity index (χ4v) is 4.34. The standard InChI is InChI=1S/C22H20Cl2N2O2/c23-18-6-5-15(13-19(18)24)21(26-11-8-14(9-12-26)22(27)28)17-7-10-25-20-4-2-1-3-16(17)20/h1-7,10,13-14,21H,8-9,11-12H2,(H,27,28). The molecule has 1 saturated heterocycles. The SMILES string of the molecule is O=C(O)C1CCN(C(c2ccc(Cl)c(Cl)c2)c2ccnc3ccccc23)CC1. The Morgan fingerprint density at radius 1 is 1.07 bits per heavy atom. The van der Waals surface area contributed by atoms with E-state index < -0.39 is 5.97 Å². The molecule has 0 saturated carbocycles. The van der Waals surface area contributed by atoms with Crippen molar-refractivity contribution in [2.75, 3.05) is 13.1 Å². The van der Waals surface area contributed by atoms with Gasteiger partial charge in [0.2, 0.25) is 0 Å². The first kappa shape index (κ1) is 19.2. The fraction of sp³-hybridized carbons (Fsp3) is 0.273. The van der Waals surface area contributed by atoms with Crippen LogP contribution in [0.3, 0.4) is 0 Å². The molecule has 1 aliphatic rings. The lowest BCUT2D eigenvalue weighted by atomic mass is 9.90. The van der Waals surface area contributed by atoms with Gasteiger partial charge < -0.3 is 5.11 Å². The zero-order chi connectivity index (χ0) is 19.7. The summed E-state index contributed by atoms with van der Waals surface area (Å²) in [4.78, 5) is 18.2. The van der Waals surface area contributed by atoms with Crippen molar-refractivity contribution in [3.63, 3.8) is 0 Å². The molecule has 1 aromatic heterocycles. The van der Waals surface area contributed by atoms with Crippen LogP contribution in [-0.4, -0.2) is 34.0 Å². The number of aromatic nitrogens is 1. The summed E-state index contributed by atoms with van der Waals surface area (Å²) in [7, 11) is 0. The van der Waals surface area contributed by atoms with Crippen LogP contribution >= 0.6 is 23.2 Å². The van der Waals surface area contributed by atoms with E-state index >= 15 is 0 Å². The second kappa shape index (κ2) is 8.08. The molecule has 2 heterocycles. The summed E-state index contributed by atoms with van der Waals surface area (Å²) in [6.07, 6.45) is 3.10. The topological polar surface area (TPSA) is 53.4 Å². The zero-order valence-electron chi connectivity index (χ0n) is 15.2. The Labute approximate surface area is 173 Å². The Balaban J connectivity index is 1.80. The molecular formula is C22H20Cl2N2O2. The van der Waals surface area contributed by atoms with Crippen LogP contribution in [0.15, 0.2) is 54.7 Å². The number of hydrogen-bond donors (Lipinski definition) is 1. The molecule has 0 amide bonds. The summed E-state index contributed by atoms with van der Waals surface area (Å²) in [6, 6.07) is 15.8. The first-order valence-corrected chi connectivity index (χ1v) is 10.1. The Morgan fingerprint density at radius 2 is 1.82 bits per heavy atom. The lowest BCUT2D eigenvalue weighted by Crippen LogP contribution is -2.39. The second-order valence-electron chi connectivity index (χ2n) is 7.14. The molecule has 28 heavy (non-hydrogen) atoms. The number of carbonyl (C=O) groups is 1. The van der Waals surface area contributed by atoms with Crippen LogP contribution < -0.4 is 0 Å². The Bertz CT molecular complexity index is 1010. The molecule has 4 rings (SSSR count). The summed E-state index contributed by atoms with van der Waals surface area (Å²) in [5, 5.41) is 11.5. The van der Waals surface area contributed by atoms with Gasteiger partial charge in [-0.1, -0.05) is 47.5 Å². The average Bonchev–Trinajstić information content (AvgIpc) is 2.71. The summed E-state index contributed by atoms with van der Waals surface area (Å²) >= 11 is 12.5. The van der Waals surface area contributed by atoms with Gasteiger partial charge in [0, 0.05) is 11.6 Å². The van der Waals surface area contributed by atoms with Gasteiger partial charge in [-0.2, -0.15) is 0 Å². The number of benzene rings is 2. The molecule has 0 radical (unpaired) electrons. The third kappa shape index (κ3) is 3.72. The van der Waals surface area contributed by atoms with Gasteiger partial charge in [0.25, 0.3) is 0 Å². The van der Waals surface area contributed by atoms with Crippen LogP contribution in [0.25, 0.3) is 10.9 Å². The van der Waals surface area contributed by atoms with Gasteiger partial charge in [-0.15, -0.1) is 0 Å². The number of nitrogens with zero attached hydrogens (tertiary/aromatic N) is 2. The summed E-state index contributed by atoms with van der Waals surface area (Å²) < 4.78 is 0. The molecule has 2 aromatic carbocycles. The number of rotatable bonds is 4. The molecule has 6 heteroatoms. The van der Waals surface area contributed by atoms with Crippen LogP contribution in [0.5, 0.6) is 0 Å². The van der Waals surface area contributed by atoms with E-state index in [1.54, 1.807) is 0 Å². The number of aliphatic carboxylic acids is 1. The normalized spacial score (nSPS) is 16.9. The third-order valence-corrected chi connectivity index (χ3v) is 6.22. The predicted molar refractivity (Wildman–Crippen MR) is 112 cm³/mol. The lowest BCUT2D eigenvalue weighted by molar-refractivity contribution is -0.143. The highest BCUT2D eigenvalue weighted by Crippen LogP contribution is 2.37. The number of piperidine rings is 1. The molecule has 1 atom stereocenters. The van der Waals surface area contributed by atoms with Gasteiger partial charge in [-0.05, 0) is 61.3 Å². The van der Waals surface area contributed by atoms with Crippen molar-refractivity contribution >= 4 is 40.1 Å². The van der Waals surface area contributed by atoms with Gasteiger partial charge in [-0.25, -0.2) is 0 Å². The van der Waals surface area contributed by atoms with E-state index in [1.165, 1.54) is 0 Å². The molecule has 1 aliphatic heterocycles. The maximum Gasteiger partial charge on any atom is 0.306 e. The van der Waals surface area contributed by atoms with E-state index in [1.807, 2.05) is 48.7 Å². The predicted octanol–water partition coefficient (Wildman–Crippen LogP) is 5.43. The first-order valence-electron chi connectivity index (χ1n) is 9.30. The largest absolute Gasteiger partial charge is 0.481 e. The molecule has 1 N–H and O–H groups in total. The number of halogens is 2. The molecule has 0 bridgehead atoms. The van der Waals surface area contributed by atoms with Gasteiger partial charge in [-0.3, -0.25) is 14.7 Å². The molecule has 0 spiro atoms. The Hall–Kier alpha value is -2.14. The number of carboxylic acid groups (broad SMARTS) is 1. The van der Waals surface area contributed by atoms with E-state index in [0.29, 0.717) is 36.0 Å². The van der Waals surface area contributed by atoms with Crippen LogP contribution in [0.1, 0.15) is 30.0 Å². The van der Waals surface area contributed by atoms with Gasteiger partial charge in [0.05, 0.1) is 27.5 Å². The highest BCUT2D eigenvalue weighted by atomic mass is 35.5. The number of fused-ring (bicyclic) bond motifs is 1. The summed E-state index contributed by atoms with van der Waals surface area (Å²) in [6.45, 7) is 1.41. The third-order valence-electron chi connectivity index (χ3n) is 5.48. The van der Waals surface area contributed by atoms with E-state index in [0.717, 1.165) is 22.0 Å².